The van der Waals surface area contributed by atoms with E-state index >= 15 is 0 Å². The Labute approximate surface area is 131 Å². The van der Waals surface area contributed by atoms with Gasteiger partial charge >= 0.3 is 0 Å². The molecule has 5 nitrogen and oxygen atoms in total. The number of nitrogens with one attached hydrogen (secondary N) is 1. The average molecular weight is 316 g/mol. The molecule has 0 radical (unpaired) electrons. The van der Waals surface area contributed by atoms with Crippen molar-refractivity contribution in [1.29, 1.82) is 0 Å². The zero-order valence-corrected chi connectivity index (χ0v) is 13.2. The SMILES string of the molecule is COc1ccc2c(CC(=O)NCc3cnc(C)s3)coc2c1. The van der Waals surface area contributed by atoms with E-state index in [4.69, 9.17) is 9.15 Å². The fourth-order valence-corrected chi connectivity index (χ4v) is 2.97. The number of rotatable bonds is 5. The Kier molecular flexibility index (Phi) is 4.11. The quantitative estimate of drug-likeness (QED) is 0.785. The number of ether oxygens (including phenoxy) is 1. The number of furan rings is 1. The van der Waals surface area contributed by atoms with Crippen LogP contribution in [0.3, 0.4) is 0 Å². The molecule has 0 atom stereocenters. The van der Waals surface area contributed by atoms with Crippen molar-refractivity contribution in [2.75, 3.05) is 7.11 Å². The lowest BCUT2D eigenvalue weighted by Crippen LogP contribution is -2.23. The van der Waals surface area contributed by atoms with Crippen LogP contribution in [0.2, 0.25) is 0 Å². The Morgan fingerprint density at radius 1 is 1.45 bits per heavy atom. The van der Waals surface area contributed by atoms with Gasteiger partial charge in [0.15, 0.2) is 0 Å². The molecule has 22 heavy (non-hydrogen) atoms. The fourth-order valence-electron chi connectivity index (χ4n) is 2.24. The van der Waals surface area contributed by atoms with Crippen LogP contribution in [-0.2, 0) is 17.8 Å². The number of carbonyl (C=O) groups excluding carboxylic acids is 1. The maximum atomic E-state index is 12.1. The van der Waals surface area contributed by atoms with Crippen molar-refractivity contribution >= 4 is 28.2 Å². The largest absolute Gasteiger partial charge is 0.497 e. The normalized spacial score (nSPS) is 10.8. The molecule has 3 aromatic rings. The predicted molar refractivity (Wildman–Crippen MR) is 85.2 cm³/mol. The van der Waals surface area contributed by atoms with Gasteiger partial charge in [-0.1, -0.05) is 0 Å². The highest BCUT2D eigenvalue weighted by Gasteiger charge is 2.11. The molecular weight excluding hydrogens is 300 g/mol. The number of thiazole rings is 1. The minimum atomic E-state index is -0.0374. The van der Waals surface area contributed by atoms with E-state index in [1.54, 1.807) is 30.9 Å². The van der Waals surface area contributed by atoms with Crippen LogP contribution in [0.1, 0.15) is 15.4 Å². The van der Waals surface area contributed by atoms with E-state index < -0.39 is 0 Å². The maximum absolute atomic E-state index is 12.1. The smallest absolute Gasteiger partial charge is 0.224 e. The number of methoxy groups -OCH3 is 1. The Balaban J connectivity index is 1.66. The number of hydrogen-bond acceptors (Lipinski definition) is 5. The molecule has 114 valence electrons. The van der Waals surface area contributed by atoms with E-state index in [0.717, 1.165) is 32.2 Å². The Bertz CT molecular complexity index is 807. The third-order valence-corrected chi connectivity index (χ3v) is 4.26. The van der Waals surface area contributed by atoms with E-state index in [9.17, 15) is 4.79 Å². The Morgan fingerprint density at radius 2 is 2.32 bits per heavy atom. The number of aromatic nitrogens is 1. The predicted octanol–water partition coefficient (Wildman–Crippen LogP) is 3.07. The first-order valence-corrected chi connectivity index (χ1v) is 7.69. The van der Waals surface area contributed by atoms with Crippen molar-refractivity contribution in [2.45, 2.75) is 19.9 Å². The number of benzene rings is 1. The van der Waals surface area contributed by atoms with E-state index in [0.29, 0.717) is 6.54 Å². The van der Waals surface area contributed by atoms with Crippen LogP contribution < -0.4 is 10.1 Å². The second-order valence-corrected chi connectivity index (χ2v) is 6.24. The van der Waals surface area contributed by atoms with Gasteiger partial charge in [0, 0.05) is 28.1 Å². The van der Waals surface area contributed by atoms with Crippen molar-refractivity contribution in [3.63, 3.8) is 0 Å². The summed E-state index contributed by atoms with van der Waals surface area (Å²) in [5.74, 6) is 0.697. The van der Waals surface area contributed by atoms with Gasteiger partial charge in [0.1, 0.15) is 11.3 Å². The standard InChI is InChI=1S/C16H16N2O3S/c1-10-17-7-13(22-10)8-18-16(19)5-11-9-21-15-6-12(20-2)3-4-14(11)15/h3-4,6-7,9H,5,8H2,1-2H3,(H,18,19). The van der Waals surface area contributed by atoms with E-state index in [1.165, 1.54) is 0 Å². The zero-order chi connectivity index (χ0) is 15.5. The molecule has 1 aromatic carbocycles. The molecule has 0 fully saturated rings. The summed E-state index contributed by atoms with van der Waals surface area (Å²) in [4.78, 5) is 17.3. The summed E-state index contributed by atoms with van der Waals surface area (Å²) in [6.07, 6.45) is 3.71. The van der Waals surface area contributed by atoms with E-state index in [1.807, 2.05) is 25.1 Å². The molecule has 0 aliphatic carbocycles. The molecule has 0 saturated heterocycles. The molecular formula is C16H16N2O3S. The summed E-state index contributed by atoms with van der Waals surface area (Å²) in [6, 6.07) is 5.59. The molecule has 0 bridgehead atoms. The lowest BCUT2D eigenvalue weighted by atomic mass is 10.1. The summed E-state index contributed by atoms with van der Waals surface area (Å²) in [5, 5.41) is 4.84. The summed E-state index contributed by atoms with van der Waals surface area (Å²) < 4.78 is 10.6. The number of amides is 1. The monoisotopic (exact) mass is 316 g/mol. The summed E-state index contributed by atoms with van der Waals surface area (Å²) in [5.41, 5.74) is 1.59. The first kappa shape index (κ1) is 14.6. The van der Waals surface area contributed by atoms with Gasteiger partial charge in [-0.2, -0.15) is 0 Å². The van der Waals surface area contributed by atoms with Gasteiger partial charge < -0.3 is 14.5 Å². The number of aryl methyl sites for hydroxylation is 1. The van der Waals surface area contributed by atoms with Crippen molar-refractivity contribution in [1.82, 2.24) is 10.3 Å². The van der Waals surface area contributed by atoms with Crippen LogP contribution in [0.5, 0.6) is 5.75 Å². The Morgan fingerprint density at radius 3 is 3.05 bits per heavy atom. The van der Waals surface area contributed by atoms with Gasteiger partial charge in [-0.3, -0.25) is 4.79 Å². The van der Waals surface area contributed by atoms with Gasteiger partial charge in [0.25, 0.3) is 0 Å². The van der Waals surface area contributed by atoms with Gasteiger partial charge in [0.2, 0.25) is 5.91 Å². The van der Waals surface area contributed by atoms with Gasteiger partial charge in [-0.15, -0.1) is 11.3 Å². The van der Waals surface area contributed by atoms with Crippen molar-refractivity contribution < 1.29 is 13.9 Å². The molecule has 1 N–H and O–H groups in total. The highest BCUT2D eigenvalue weighted by Crippen LogP contribution is 2.25. The molecule has 0 saturated carbocycles. The van der Waals surface area contributed by atoms with Gasteiger partial charge in [-0.05, 0) is 19.1 Å². The topological polar surface area (TPSA) is 64.4 Å². The zero-order valence-electron chi connectivity index (χ0n) is 12.4. The first-order chi connectivity index (χ1) is 10.7. The first-order valence-electron chi connectivity index (χ1n) is 6.88. The van der Waals surface area contributed by atoms with Crippen LogP contribution in [0.4, 0.5) is 0 Å². The van der Waals surface area contributed by atoms with Crippen molar-refractivity contribution in [2.24, 2.45) is 0 Å². The molecule has 0 unspecified atom stereocenters. The minimum Gasteiger partial charge on any atom is -0.497 e. The molecule has 6 heteroatoms. The maximum Gasteiger partial charge on any atom is 0.224 e. The third kappa shape index (κ3) is 3.12. The summed E-state index contributed by atoms with van der Waals surface area (Å²) in [7, 11) is 1.61. The lowest BCUT2D eigenvalue weighted by Gasteiger charge is -2.02. The number of hydrogen-bond donors (Lipinski definition) is 1. The van der Waals surface area contributed by atoms with Gasteiger partial charge in [-0.25, -0.2) is 4.98 Å². The van der Waals surface area contributed by atoms with Crippen LogP contribution >= 0.6 is 11.3 Å². The lowest BCUT2D eigenvalue weighted by molar-refractivity contribution is -0.120. The van der Waals surface area contributed by atoms with Crippen molar-refractivity contribution in [3.8, 4) is 5.75 Å². The number of fused-ring (bicyclic) bond motifs is 1. The highest BCUT2D eigenvalue weighted by atomic mass is 32.1. The molecule has 0 aliphatic heterocycles. The molecule has 2 aromatic heterocycles. The van der Waals surface area contributed by atoms with Crippen LogP contribution in [0.25, 0.3) is 11.0 Å². The van der Waals surface area contributed by atoms with Gasteiger partial charge in [0.05, 0.1) is 31.3 Å². The molecule has 2 heterocycles. The minimum absolute atomic E-state index is 0.0374. The molecule has 0 spiro atoms. The fraction of sp³-hybridized carbons (Fsp3) is 0.250. The average Bonchev–Trinajstić information content (AvgIpc) is 3.11. The number of nitrogens with zero attached hydrogens (tertiary/aromatic N) is 1. The van der Waals surface area contributed by atoms with E-state index in [2.05, 4.69) is 10.3 Å². The summed E-state index contributed by atoms with van der Waals surface area (Å²) >= 11 is 1.59. The Hall–Kier alpha value is -2.34. The second kappa shape index (κ2) is 6.19. The molecule has 0 aliphatic rings. The molecule has 1 amide bonds. The van der Waals surface area contributed by atoms with E-state index in [-0.39, 0.29) is 12.3 Å². The van der Waals surface area contributed by atoms with Crippen molar-refractivity contribution in [3.05, 3.63) is 46.1 Å². The van der Waals surface area contributed by atoms with Crippen LogP contribution in [0, 0.1) is 6.92 Å². The third-order valence-electron chi connectivity index (χ3n) is 3.34. The van der Waals surface area contributed by atoms with Crippen LogP contribution in [0.15, 0.2) is 35.1 Å². The molecule has 3 rings (SSSR count). The summed E-state index contributed by atoms with van der Waals surface area (Å²) in [6.45, 7) is 2.45. The highest BCUT2D eigenvalue weighted by molar-refractivity contribution is 7.11. The number of carbonyl (C=O) groups is 1. The second-order valence-electron chi connectivity index (χ2n) is 4.92. The van der Waals surface area contributed by atoms with Crippen LogP contribution in [-0.4, -0.2) is 18.0 Å².